The van der Waals surface area contributed by atoms with Gasteiger partial charge in [-0.05, 0) is 46.5 Å². The number of rotatable bonds is 4. The smallest absolute Gasteiger partial charge is 0.185 e. The Morgan fingerprint density at radius 3 is 2.24 bits per heavy atom. The number of fused-ring (bicyclic) bond motifs is 7. The summed E-state index contributed by atoms with van der Waals surface area (Å²) in [4.78, 5) is 24.7. The molecular weight excluding hydrogens is 360 g/mol. The molecule has 29 heavy (non-hydrogen) atoms. The Kier molecular flexibility index (Phi) is 3.71. The van der Waals surface area contributed by atoms with Gasteiger partial charge in [-0.15, -0.1) is 0 Å². The largest absolute Gasteiger partial charge is 0.455 e. The van der Waals surface area contributed by atoms with Crippen molar-refractivity contribution in [2.45, 2.75) is 0 Å². The summed E-state index contributed by atoms with van der Waals surface area (Å²) in [6.07, 6.45) is 2.64. The van der Waals surface area contributed by atoms with E-state index in [9.17, 15) is 9.59 Å². The lowest BCUT2D eigenvalue weighted by atomic mass is 9.95. The highest BCUT2D eigenvalue weighted by Gasteiger charge is 2.18. The van der Waals surface area contributed by atoms with Crippen LogP contribution in [0.1, 0.15) is 20.7 Å². The molecule has 0 N–H and O–H groups in total. The van der Waals surface area contributed by atoms with E-state index in [-0.39, 0.29) is 11.6 Å². The molecule has 0 saturated carbocycles. The van der Waals surface area contributed by atoms with Crippen LogP contribution < -0.4 is 0 Å². The third-order valence-electron chi connectivity index (χ3n) is 5.38. The summed E-state index contributed by atoms with van der Waals surface area (Å²) in [5.41, 5.74) is 2.59. The summed E-state index contributed by atoms with van der Waals surface area (Å²) in [5, 5.41) is 5.33. The molecule has 4 aromatic carbocycles. The van der Waals surface area contributed by atoms with Gasteiger partial charge in [-0.2, -0.15) is 0 Å². The predicted octanol–water partition coefficient (Wildman–Crippen LogP) is 6.63. The average Bonchev–Trinajstić information content (AvgIpc) is 3.16. The minimum absolute atomic E-state index is 0.135. The fourth-order valence-corrected chi connectivity index (χ4v) is 4.00. The van der Waals surface area contributed by atoms with Crippen molar-refractivity contribution in [2.24, 2.45) is 0 Å². The van der Waals surface area contributed by atoms with Crippen LogP contribution in [0.15, 0.2) is 90.4 Å². The molecule has 0 aliphatic carbocycles. The highest BCUT2D eigenvalue weighted by Crippen LogP contribution is 2.39. The third-order valence-corrected chi connectivity index (χ3v) is 5.38. The second-order valence-corrected chi connectivity index (χ2v) is 6.96. The first-order chi connectivity index (χ1) is 14.1. The Hall–Kier alpha value is -3.98. The molecule has 3 nitrogen and oxygen atoms in total. The van der Waals surface area contributed by atoms with E-state index in [0.29, 0.717) is 16.7 Å². The lowest BCUT2D eigenvalue weighted by Gasteiger charge is -2.06. The highest BCUT2D eigenvalue weighted by molar-refractivity contribution is 6.27. The number of furan rings is 1. The lowest BCUT2D eigenvalue weighted by molar-refractivity contribution is 0.104. The summed E-state index contributed by atoms with van der Waals surface area (Å²) in [6, 6.07) is 19.0. The van der Waals surface area contributed by atoms with Crippen LogP contribution in [-0.2, 0) is 0 Å². The fraction of sp³-hybridized carbons (Fsp3) is 0. The first-order valence-electron chi connectivity index (χ1n) is 9.26. The van der Waals surface area contributed by atoms with Gasteiger partial charge < -0.3 is 4.42 Å². The van der Waals surface area contributed by atoms with Crippen molar-refractivity contribution in [1.82, 2.24) is 0 Å². The quantitative estimate of drug-likeness (QED) is 0.261. The first-order valence-corrected chi connectivity index (χ1v) is 9.26. The van der Waals surface area contributed by atoms with Gasteiger partial charge in [-0.25, -0.2) is 0 Å². The number of allylic oxidation sites excluding steroid dienone is 2. The van der Waals surface area contributed by atoms with Crippen molar-refractivity contribution in [1.29, 1.82) is 0 Å². The van der Waals surface area contributed by atoms with Crippen LogP contribution in [0.3, 0.4) is 0 Å². The number of benzene rings is 4. The first kappa shape index (κ1) is 17.1. The zero-order chi connectivity index (χ0) is 20.1. The van der Waals surface area contributed by atoms with Crippen molar-refractivity contribution in [3.05, 3.63) is 97.1 Å². The molecule has 0 aliphatic rings. The molecule has 0 bridgehead atoms. The zero-order valence-corrected chi connectivity index (χ0v) is 15.6. The number of ketones is 2. The normalized spacial score (nSPS) is 11.3. The second-order valence-electron chi connectivity index (χ2n) is 6.96. The Labute approximate surface area is 166 Å². The van der Waals surface area contributed by atoms with Gasteiger partial charge in [0.2, 0.25) is 0 Å². The summed E-state index contributed by atoms with van der Waals surface area (Å²) < 4.78 is 6.23. The standard InChI is InChI=1S/C26H16O3/c1-3-22(27)16-10-9-15-11-12-24-25(19(15)13-16)21-14-20(23(28)4-2)17-7-5-6-8-18(17)26(21)29-24/h3-14H,1-2H2. The van der Waals surface area contributed by atoms with Gasteiger partial charge in [-0.3, -0.25) is 9.59 Å². The zero-order valence-electron chi connectivity index (χ0n) is 15.6. The minimum Gasteiger partial charge on any atom is -0.455 e. The maximum Gasteiger partial charge on any atom is 0.185 e. The van der Waals surface area contributed by atoms with E-state index in [0.717, 1.165) is 37.9 Å². The third kappa shape index (κ3) is 2.44. The molecule has 1 heterocycles. The predicted molar refractivity (Wildman–Crippen MR) is 118 cm³/mol. The summed E-state index contributed by atoms with van der Waals surface area (Å²) in [6.45, 7) is 7.22. The molecule has 1 aromatic heterocycles. The maximum atomic E-state index is 12.6. The van der Waals surface area contributed by atoms with Crippen LogP contribution in [0.4, 0.5) is 0 Å². The van der Waals surface area contributed by atoms with Crippen molar-refractivity contribution in [2.75, 3.05) is 0 Å². The average molecular weight is 376 g/mol. The van der Waals surface area contributed by atoms with Crippen molar-refractivity contribution in [3.63, 3.8) is 0 Å². The van der Waals surface area contributed by atoms with Gasteiger partial charge >= 0.3 is 0 Å². The molecule has 138 valence electrons. The van der Waals surface area contributed by atoms with E-state index in [1.54, 1.807) is 6.07 Å². The summed E-state index contributed by atoms with van der Waals surface area (Å²) in [7, 11) is 0. The van der Waals surface area contributed by atoms with E-state index in [1.165, 1.54) is 12.2 Å². The highest BCUT2D eigenvalue weighted by atomic mass is 16.3. The van der Waals surface area contributed by atoms with Crippen molar-refractivity contribution in [3.8, 4) is 0 Å². The molecule has 0 radical (unpaired) electrons. The monoisotopic (exact) mass is 376 g/mol. The molecule has 0 saturated heterocycles. The Balaban J connectivity index is 2.01. The van der Waals surface area contributed by atoms with E-state index >= 15 is 0 Å². The molecule has 0 atom stereocenters. The van der Waals surface area contributed by atoms with E-state index < -0.39 is 0 Å². The van der Waals surface area contributed by atoms with Crippen molar-refractivity contribution >= 4 is 55.0 Å². The van der Waals surface area contributed by atoms with Gasteiger partial charge in [-0.1, -0.05) is 55.6 Å². The van der Waals surface area contributed by atoms with E-state index in [2.05, 4.69) is 13.2 Å². The van der Waals surface area contributed by atoms with Gasteiger partial charge in [0.25, 0.3) is 0 Å². The van der Waals surface area contributed by atoms with Crippen LogP contribution in [0, 0.1) is 0 Å². The van der Waals surface area contributed by atoms with Gasteiger partial charge in [0, 0.05) is 27.3 Å². The van der Waals surface area contributed by atoms with E-state index in [1.807, 2.05) is 54.6 Å². The van der Waals surface area contributed by atoms with Crippen LogP contribution in [-0.4, -0.2) is 11.6 Å². The number of carbonyl (C=O) groups excluding carboxylic acids is 2. The molecule has 0 amide bonds. The van der Waals surface area contributed by atoms with E-state index in [4.69, 9.17) is 4.42 Å². The lowest BCUT2D eigenvalue weighted by Crippen LogP contribution is -1.95. The second kappa shape index (κ2) is 6.28. The van der Waals surface area contributed by atoms with Crippen LogP contribution in [0.5, 0.6) is 0 Å². The van der Waals surface area contributed by atoms with Crippen LogP contribution in [0.25, 0.3) is 43.5 Å². The minimum atomic E-state index is -0.139. The Bertz CT molecular complexity index is 1520. The number of hydrogen-bond donors (Lipinski definition) is 0. The molecule has 0 spiro atoms. The van der Waals surface area contributed by atoms with Crippen LogP contribution in [0.2, 0.25) is 0 Å². The molecule has 0 aliphatic heterocycles. The number of hydrogen-bond acceptors (Lipinski definition) is 3. The Morgan fingerprint density at radius 1 is 0.759 bits per heavy atom. The Morgan fingerprint density at radius 2 is 1.48 bits per heavy atom. The fourth-order valence-electron chi connectivity index (χ4n) is 4.00. The van der Waals surface area contributed by atoms with Gasteiger partial charge in [0.05, 0.1) is 0 Å². The topological polar surface area (TPSA) is 47.3 Å². The molecule has 5 rings (SSSR count). The summed E-state index contributed by atoms with van der Waals surface area (Å²) >= 11 is 0. The molecular formula is C26H16O3. The maximum absolute atomic E-state index is 12.6. The van der Waals surface area contributed by atoms with Gasteiger partial charge in [0.1, 0.15) is 11.2 Å². The molecule has 5 aromatic rings. The summed E-state index contributed by atoms with van der Waals surface area (Å²) in [5.74, 6) is -0.273. The van der Waals surface area contributed by atoms with Crippen molar-refractivity contribution < 1.29 is 14.0 Å². The molecule has 0 fully saturated rings. The molecule has 3 heteroatoms. The number of carbonyl (C=O) groups is 2. The molecule has 0 unspecified atom stereocenters. The van der Waals surface area contributed by atoms with Crippen LogP contribution >= 0.6 is 0 Å². The van der Waals surface area contributed by atoms with Gasteiger partial charge in [0.15, 0.2) is 11.6 Å². The SMILES string of the molecule is C=CC(=O)c1ccc2ccc3oc4c5ccccc5c(C(=O)C=C)cc4c3c2c1.